The van der Waals surface area contributed by atoms with E-state index in [2.05, 4.69) is 0 Å². The van der Waals surface area contributed by atoms with Crippen molar-refractivity contribution in [1.82, 2.24) is 4.57 Å². The summed E-state index contributed by atoms with van der Waals surface area (Å²) in [7, 11) is 1.56. The fourth-order valence-corrected chi connectivity index (χ4v) is 3.53. The van der Waals surface area contributed by atoms with Crippen LogP contribution in [0, 0.1) is 5.92 Å². The first-order chi connectivity index (χ1) is 9.95. The minimum atomic E-state index is -3.84. The molecule has 0 atom stereocenters. The third kappa shape index (κ3) is 3.43. The van der Waals surface area contributed by atoms with Crippen LogP contribution in [0.3, 0.4) is 0 Å². The molecule has 0 bridgehead atoms. The summed E-state index contributed by atoms with van der Waals surface area (Å²) < 4.78 is 30.0. The molecule has 7 heteroatoms. The van der Waals surface area contributed by atoms with Crippen molar-refractivity contribution in [1.29, 1.82) is 0 Å². The Kier molecular flexibility index (Phi) is 4.01. The maximum absolute atomic E-state index is 12.2. The van der Waals surface area contributed by atoms with Gasteiger partial charge in [0.2, 0.25) is 0 Å². The second-order valence-corrected chi connectivity index (χ2v) is 8.45. The monoisotopic (exact) mass is 331 g/mol. The molecular weight excluding hydrogens is 314 g/mol. The lowest BCUT2D eigenvalue weighted by atomic mass is 10.2. The van der Waals surface area contributed by atoms with Crippen LogP contribution in [0.1, 0.15) is 55.1 Å². The Bertz CT molecular complexity index is 642. The molecule has 1 heterocycles. The van der Waals surface area contributed by atoms with Crippen molar-refractivity contribution < 1.29 is 17.9 Å². The highest BCUT2D eigenvalue weighted by Gasteiger charge is 2.28. The third-order valence-corrected chi connectivity index (χ3v) is 5.50. The average Bonchev–Trinajstić information content (AvgIpc) is 2.92. The van der Waals surface area contributed by atoms with Gasteiger partial charge in [-0.3, -0.25) is 0 Å². The molecule has 3 rings (SSSR count). The van der Waals surface area contributed by atoms with Crippen LogP contribution in [0.4, 0.5) is 0 Å². The highest BCUT2D eigenvalue weighted by atomic mass is 35.7. The summed E-state index contributed by atoms with van der Waals surface area (Å²) in [5.41, 5.74) is 0.293. The van der Waals surface area contributed by atoms with Gasteiger partial charge in [-0.15, -0.1) is 0 Å². The van der Waals surface area contributed by atoms with Gasteiger partial charge in [-0.1, -0.05) is 12.8 Å². The second kappa shape index (κ2) is 5.65. The molecule has 0 amide bonds. The zero-order chi connectivity index (χ0) is 15.0. The summed E-state index contributed by atoms with van der Waals surface area (Å²) in [4.78, 5) is 12.2. The second-order valence-electron chi connectivity index (χ2n) is 5.89. The van der Waals surface area contributed by atoms with E-state index in [1.807, 2.05) is 0 Å². The number of aromatic nitrogens is 1. The summed E-state index contributed by atoms with van der Waals surface area (Å²) in [6, 6.07) is 1.48. The quantitative estimate of drug-likeness (QED) is 0.614. The lowest BCUT2D eigenvalue weighted by molar-refractivity contribution is 0.0471. The van der Waals surface area contributed by atoms with Gasteiger partial charge in [0, 0.05) is 22.9 Å². The fraction of sp³-hybridized carbons (Fsp3) is 0.643. The Balaban J connectivity index is 1.87. The molecule has 0 radical (unpaired) electrons. The average molecular weight is 332 g/mol. The maximum atomic E-state index is 12.2. The Hall–Kier alpha value is -1.01. The van der Waals surface area contributed by atoms with Crippen molar-refractivity contribution in [2.24, 2.45) is 5.92 Å². The predicted molar refractivity (Wildman–Crippen MR) is 78.0 cm³/mol. The van der Waals surface area contributed by atoms with E-state index < -0.39 is 15.0 Å². The van der Waals surface area contributed by atoms with Crippen molar-refractivity contribution in [3.05, 3.63) is 18.0 Å². The zero-order valence-electron chi connectivity index (χ0n) is 11.6. The van der Waals surface area contributed by atoms with Gasteiger partial charge in [0.1, 0.15) is 10.6 Å². The van der Waals surface area contributed by atoms with Crippen molar-refractivity contribution in [3.63, 3.8) is 0 Å². The van der Waals surface area contributed by atoms with Gasteiger partial charge in [0.15, 0.2) is 0 Å². The number of rotatable bonds is 5. The molecular formula is C14H18ClNO4S. The van der Waals surface area contributed by atoms with Crippen molar-refractivity contribution >= 4 is 25.7 Å². The molecule has 1 aromatic rings. The molecule has 1 aromatic heterocycles. The number of carbonyl (C=O) groups excluding carboxylic acids is 1. The van der Waals surface area contributed by atoms with Crippen LogP contribution in [0.2, 0.25) is 0 Å². The molecule has 116 valence electrons. The minimum absolute atomic E-state index is 0.0329. The lowest BCUT2D eigenvalue weighted by Crippen LogP contribution is -2.15. The SMILES string of the molecule is O=C(OCC1CC1)c1cc(S(=O)(=O)Cl)cn1C1CCCC1. The van der Waals surface area contributed by atoms with Crippen LogP contribution >= 0.6 is 10.7 Å². The number of esters is 1. The van der Waals surface area contributed by atoms with E-state index in [-0.39, 0.29) is 10.9 Å². The first kappa shape index (κ1) is 14.9. The Morgan fingerprint density at radius 3 is 2.52 bits per heavy atom. The molecule has 21 heavy (non-hydrogen) atoms. The highest BCUT2D eigenvalue weighted by Crippen LogP contribution is 2.34. The molecule has 2 fully saturated rings. The summed E-state index contributed by atoms with van der Waals surface area (Å²) in [5, 5.41) is 0. The lowest BCUT2D eigenvalue weighted by Gasteiger charge is -2.15. The van der Waals surface area contributed by atoms with Crippen molar-refractivity contribution in [2.75, 3.05) is 6.61 Å². The van der Waals surface area contributed by atoms with E-state index in [9.17, 15) is 13.2 Å². The van der Waals surface area contributed by atoms with E-state index in [1.165, 1.54) is 12.3 Å². The van der Waals surface area contributed by atoms with E-state index >= 15 is 0 Å². The largest absolute Gasteiger partial charge is 0.461 e. The molecule has 0 unspecified atom stereocenters. The number of ether oxygens (including phenoxy) is 1. The molecule has 2 saturated carbocycles. The topological polar surface area (TPSA) is 65.4 Å². The molecule has 0 aromatic carbocycles. The maximum Gasteiger partial charge on any atom is 0.355 e. The van der Waals surface area contributed by atoms with E-state index in [0.29, 0.717) is 18.2 Å². The molecule has 0 aliphatic heterocycles. The Labute approximate surface area is 128 Å². The summed E-state index contributed by atoms with van der Waals surface area (Å²) in [6.07, 6.45) is 7.71. The number of halogens is 1. The number of carbonyl (C=O) groups is 1. The molecule has 0 spiro atoms. The van der Waals surface area contributed by atoms with Crippen LogP contribution in [0.5, 0.6) is 0 Å². The third-order valence-electron chi connectivity index (χ3n) is 4.18. The van der Waals surface area contributed by atoms with Crippen LogP contribution < -0.4 is 0 Å². The van der Waals surface area contributed by atoms with Gasteiger partial charge in [-0.05, 0) is 37.7 Å². The summed E-state index contributed by atoms with van der Waals surface area (Å²) in [5.74, 6) is 0.0143. The fourth-order valence-electron chi connectivity index (χ4n) is 2.79. The zero-order valence-corrected chi connectivity index (χ0v) is 13.2. The molecule has 5 nitrogen and oxygen atoms in total. The van der Waals surface area contributed by atoms with Gasteiger partial charge in [-0.2, -0.15) is 0 Å². The minimum Gasteiger partial charge on any atom is -0.461 e. The summed E-state index contributed by atoms with van der Waals surface area (Å²) >= 11 is 0. The standard InChI is InChI=1S/C14H18ClNO4S/c15-21(18,19)12-7-13(14(17)20-9-10-5-6-10)16(8-12)11-3-1-2-4-11/h7-8,10-11H,1-6,9H2. The van der Waals surface area contributed by atoms with E-state index in [4.69, 9.17) is 15.4 Å². The predicted octanol–water partition coefficient (Wildman–Crippen LogP) is 3.10. The van der Waals surface area contributed by atoms with Crippen LogP contribution in [0.15, 0.2) is 17.2 Å². The summed E-state index contributed by atoms with van der Waals surface area (Å²) in [6.45, 7) is 0.414. The Morgan fingerprint density at radius 2 is 1.95 bits per heavy atom. The first-order valence-corrected chi connectivity index (χ1v) is 9.60. The van der Waals surface area contributed by atoms with E-state index in [0.717, 1.165) is 38.5 Å². The smallest absolute Gasteiger partial charge is 0.355 e. The molecule has 2 aliphatic rings. The number of hydrogen-bond acceptors (Lipinski definition) is 4. The van der Waals surface area contributed by atoms with E-state index in [1.54, 1.807) is 4.57 Å². The highest BCUT2D eigenvalue weighted by molar-refractivity contribution is 8.13. The number of hydrogen-bond donors (Lipinski definition) is 0. The normalized spacial score (nSPS) is 19.9. The first-order valence-electron chi connectivity index (χ1n) is 7.29. The van der Waals surface area contributed by atoms with Crippen LogP contribution in [-0.4, -0.2) is 25.6 Å². The number of nitrogens with zero attached hydrogens (tertiary/aromatic N) is 1. The van der Waals surface area contributed by atoms with Gasteiger partial charge in [0.25, 0.3) is 9.05 Å². The van der Waals surface area contributed by atoms with Crippen LogP contribution in [-0.2, 0) is 13.8 Å². The van der Waals surface area contributed by atoms with Gasteiger partial charge in [-0.25, -0.2) is 13.2 Å². The molecule has 0 N–H and O–H groups in total. The van der Waals surface area contributed by atoms with Crippen molar-refractivity contribution in [3.8, 4) is 0 Å². The van der Waals surface area contributed by atoms with Gasteiger partial charge >= 0.3 is 5.97 Å². The van der Waals surface area contributed by atoms with Crippen LogP contribution in [0.25, 0.3) is 0 Å². The van der Waals surface area contributed by atoms with Gasteiger partial charge in [0.05, 0.1) is 6.61 Å². The van der Waals surface area contributed by atoms with Crippen molar-refractivity contribution in [2.45, 2.75) is 49.5 Å². The molecule has 2 aliphatic carbocycles. The van der Waals surface area contributed by atoms with Gasteiger partial charge < -0.3 is 9.30 Å². The Morgan fingerprint density at radius 1 is 1.29 bits per heavy atom. The molecule has 0 saturated heterocycles.